The Morgan fingerprint density at radius 1 is 1.42 bits per heavy atom. The lowest BCUT2D eigenvalue weighted by atomic mass is 10.3. The van der Waals surface area contributed by atoms with E-state index in [1.165, 1.54) is 4.52 Å². The molecule has 1 aliphatic rings. The van der Waals surface area contributed by atoms with Crippen molar-refractivity contribution >= 4 is 23.2 Å². The molecule has 100 valence electrons. The summed E-state index contributed by atoms with van der Waals surface area (Å²) in [5.74, 6) is 1.62. The Morgan fingerprint density at radius 2 is 2.16 bits per heavy atom. The molecule has 0 bridgehead atoms. The average molecular weight is 279 g/mol. The van der Waals surface area contributed by atoms with Crippen molar-refractivity contribution in [1.29, 1.82) is 0 Å². The van der Waals surface area contributed by atoms with E-state index in [-0.39, 0.29) is 22.7 Å². The first-order chi connectivity index (χ1) is 9.16. The molecule has 2 aromatic rings. The Bertz CT molecular complexity index is 686. The highest BCUT2D eigenvalue weighted by atomic mass is 32.2. The zero-order valence-electron chi connectivity index (χ0n) is 10.4. The van der Waals surface area contributed by atoms with Gasteiger partial charge in [-0.2, -0.15) is 11.8 Å². The summed E-state index contributed by atoms with van der Waals surface area (Å²) in [5.41, 5.74) is 0.692. The molecule has 3 rings (SSSR count). The van der Waals surface area contributed by atoms with Crippen LogP contribution in [-0.4, -0.2) is 55.2 Å². The highest BCUT2D eigenvalue weighted by Gasteiger charge is 2.24. The van der Waals surface area contributed by atoms with Gasteiger partial charge in [0.2, 0.25) is 0 Å². The van der Waals surface area contributed by atoms with Crippen molar-refractivity contribution in [3.63, 3.8) is 0 Å². The van der Waals surface area contributed by atoms with E-state index in [1.54, 1.807) is 18.0 Å². The second-order valence-corrected chi connectivity index (χ2v) is 5.63. The van der Waals surface area contributed by atoms with Crippen LogP contribution >= 0.6 is 11.8 Å². The molecule has 3 heterocycles. The van der Waals surface area contributed by atoms with Crippen LogP contribution in [0.25, 0.3) is 5.52 Å². The third kappa shape index (κ3) is 2.12. The second kappa shape index (κ2) is 4.69. The van der Waals surface area contributed by atoms with Gasteiger partial charge in [-0.15, -0.1) is 5.10 Å². The molecule has 0 aromatic carbocycles. The number of H-pyrrole nitrogens is 1. The van der Waals surface area contributed by atoms with Crippen LogP contribution in [-0.2, 0) is 0 Å². The van der Waals surface area contributed by atoms with Gasteiger partial charge in [0.05, 0.1) is 6.20 Å². The van der Waals surface area contributed by atoms with Crippen molar-refractivity contribution in [1.82, 2.24) is 24.7 Å². The van der Waals surface area contributed by atoms with Crippen LogP contribution < -0.4 is 5.56 Å². The Kier molecular flexibility index (Phi) is 3.02. The number of fused-ring (bicyclic) bond motifs is 1. The number of aromatic amines is 1. The molecule has 1 N–H and O–H groups in total. The number of aromatic nitrogens is 4. The van der Waals surface area contributed by atoms with Gasteiger partial charge in [-0.1, -0.05) is 5.21 Å². The van der Waals surface area contributed by atoms with E-state index >= 15 is 0 Å². The number of thioether (sulfide) groups is 1. The smallest absolute Gasteiger partial charge is 0.276 e. The summed E-state index contributed by atoms with van der Waals surface area (Å²) in [4.78, 5) is 28.7. The van der Waals surface area contributed by atoms with Gasteiger partial charge in [0.25, 0.3) is 11.5 Å². The minimum Gasteiger partial charge on any atom is -0.336 e. The molecule has 0 atom stereocenters. The van der Waals surface area contributed by atoms with E-state index in [0.717, 1.165) is 11.5 Å². The summed E-state index contributed by atoms with van der Waals surface area (Å²) in [6, 6.07) is 0. The molecule has 0 radical (unpaired) electrons. The van der Waals surface area contributed by atoms with Crippen LogP contribution in [0.3, 0.4) is 0 Å². The zero-order chi connectivity index (χ0) is 13.4. The third-order valence-electron chi connectivity index (χ3n) is 3.04. The van der Waals surface area contributed by atoms with Gasteiger partial charge in [0.1, 0.15) is 0 Å². The Labute approximate surface area is 113 Å². The lowest BCUT2D eigenvalue weighted by Crippen LogP contribution is -2.38. The minimum absolute atomic E-state index is 0.133. The van der Waals surface area contributed by atoms with Crippen molar-refractivity contribution in [2.24, 2.45) is 0 Å². The number of hydrogen-bond donors (Lipinski definition) is 1. The van der Waals surface area contributed by atoms with Gasteiger partial charge >= 0.3 is 0 Å². The van der Waals surface area contributed by atoms with Crippen molar-refractivity contribution in [2.75, 3.05) is 24.6 Å². The number of nitrogens with zero attached hydrogens (tertiary/aromatic N) is 4. The molecule has 0 spiro atoms. The number of amides is 1. The average Bonchev–Trinajstić information content (AvgIpc) is 2.83. The normalized spacial score (nSPS) is 15.9. The fraction of sp³-hybridized carbons (Fsp3) is 0.455. The van der Waals surface area contributed by atoms with Gasteiger partial charge in [-0.3, -0.25) is 9.59 Å². The molecular formula is C11H13N5O2S. The van der Waals surface area contributed by atoms with Gasteiger partial charge in [0, 0.05) is 30.3 Å². The molecule has 1 amide bonds. The minimum atomic E-state index is -0.334. The number of carbonyl (C=O) groups excluding carboxylic acids is 1. The maximum absolute atomic E-state index is 12.4. The molecule has 0 unspecified atom stereocenters. The van der Waals surface area contributed by atoms with E-state index in [2.05, 4.69) is 15.3 Å². The SMILES string of the molecule is Cc1cn2nnc(C(=O)N3CCSCC3)c2c(=O)[nH]1. The van der Waals surface area contributed by atoms with Gasteiger partial charge < -0.3 is 9.88 Å². The van der Waals surface area contributed by atoms with Crippen LogP contribution in [0, 0.1) is 6.92 Å². The number of hydrogen-bond acceptors (Lipinski definition) is 5. The van der Waals surface area contributed by atoms with Crippen molar-refractivity contribution in [2.45, 2.75) is 6.92 Å². The van der Waals surface area contributed by atoms with Crippen LogP contribution in [0.15, 0.2) is 11.0 Å². The summed E-state index contributed by atoms with van der Waals surface area (Å²) in [5, 5.41) is 7.72. The standard InChI is InChI=1S/C11H13N5O2S/c1-7-6-16-9(10(17)12-7)8(13-14-16)11(18)15-2-4-19-5-3-15/h6H,2-5H2,1H3,(H,12,17). The highest BCUT2D eigenvalue weighted by molar-refractivity contribution is 7.99. The Hall–Kier alpha value is -1.83. The largest absolute Gasteiger partial charge is 0.336 e. The number of nitrogens with one attached hydrogen (secondary N) is 1. The van der Waals surface area contributed by atoms with E-state index < -0.39 is 0 Å². The molecule has 0 aliphatic carbocycles. The second-order valence-electron chi connectivity index (χ2n) is 4.40. The summed E-state index contributed by atoms with van der Waals surface area (Å²) < 4.78 is 1.36. The van der Waals surface area contributed by atoms with Crippen LogP contribution in [0.1, 0.15) is 16.2 Å². The molecule has 7 nitrogen and oxygen atoms in total. The predicted molar refractivity (Wildman–Crippen MR) is 71.6 cm³/mol. The molecule has 8 heteroatoms. The summed E-state index contributed by atoms with van der Waals surface area (Å²) in [6.45, 7) is 3.13. The van der Waals surface area contributed by atoms with Gasteiger partial charge in [-0.25, -0.2) is 4.52 Å². The van der Waals surface area contributed by atoms with E-state index in [9.17, 15) is 9.59 Å². The number of rotatable bonds is 1. The first-order valence-corrected chi connectivity index (χ1v) is 7.14. The predicted octanol–water partition coefficient (Wildman–Crippen LogP) is -0.0850. The Morgan fingerprint density at radius 3 is 2.89 bits per heavy atom. The van der Waals surface area contributed by atoms with Gasteiger partial charge in [0.15, 0.2) is 11.2 Å². The molecule has 1 saturated heterocycles. The lowest BCUT2D eigenvalue weighted by Gasteiger charge is -2.25. The van der Waals surface area contributed by atoms with Crippen molar-refractivity contribution in [3.8, 4) is 0 Å². The summed E-state index contributed by atoms with van der Waals surface area (Å²) in [7, 11) is 0. The maximum Gasteiger partial charge on any atom is 0.276 e. The van der Waals surface area contributed by atoms with E-state index in [0.29, 0.717) is 18.8 Å². The number of aryl methyl sites for hydroxylation is 1. The monoisotopic (exact) mass is 279 g/mol. The van der Waals surface area contributed by atoms with Crippen LogP contribution in [0.4, 0.5) is 0 Å². The van der Waals surface area contributed by atoms with Crippen LogP contribution in [0.2, 0.25) is 0 Å². The number of carbonyl (C=O) groups is 1. The molecule has 1 aliphatic heterocycles. The van der Waals surface area contributed by atoms with Crippen LogP contribution in [0.5, 0.6) is 0 Å². The summed E-state index contributed by atoms with van der Waals surface area (Å²) in [6.07, 6.45) is 1.65. The fourth-order valence-corrected chi connectivity index (χ4v) is 3.01. The van der Waals surface area contributed by atoms with E-state index in [4.69, 9.17) is 0 Å². The highest BCUT2D eigenvalue weighted by Crippen LogP contribution is 2.13. The molecule has 1 fully saturated rings. The van der Waals surface area contributed by atoms with Crippen molar-refractivity contribution < 1.29 is 4.79 Å². The van der Waals surface area contributed by atoms with Crippen molar-refractivity contribution in [3.05, 3.63) is 27.9 Å². The third-order valence-corrected chi connectivity index (χ3v) is 3.98. The molecule has 19 heavy (non-hydrogen) atoms. The molecule has 2 aromatic heterocycles. The summed E-state index contributed by atoms with van der Waals surface area (Å²) >= 11 is 1.82. The first kappa shape index (κ1) is 12.2. The van der Waals surface area contributed by atoms with E-state index in [1.807, 2.05) is 11.8 Å². The first-order valence-electron chi connectivity index (χ1n) is 5.99. The molecule has 0 saturated carbocycles. The fourth-order valence-electron chi connectivity index (χ4n) is 2.11. The topological polar surface area (TPSA) is 83.4 Å². The maximum atomic E-state index is 12.4. The Balaban J connectivity index is 2.05. The molecular weight excluding hydrogens is 266 g/mol. The zero-order valence-corrected chi connectivity index (χ0v) is 11.2. The quantitative estimate of drug-likeness (QED) is 0.789. The van der Waals surface area contributed by atoms with Gasteiger partial charge in [-0.05, 0) is 6.92 Å². The lowest BCUT2D eigenvalue weighted by molar-refractivity contribution is 0.0768.